The Balaban J connectivity index is 3.06. The molecule has 0 spiro atoms. The number of carbonyl (C=O) groups is 1. The summed E-state index contributed by atoms with van der Waals surface area (Å²) >= 11 is 11.5. The molecule has 0 unspecified atom stereocenters. The fraction of sp³-hybridized carbons (Fsp3) is 0.333. The van der Waals surface area contributed by atoms with Crippen LogP contribution in [0.25, 0.3) is 0 Å². The average Bonchev–Trinajstić information content (AvgIpc) is 2.19. The van der Waals surface area contributed by atoms with Crippen LogP contribution in [0.1, 0.15) is 17.4 Å². The van der Waals surface area contributed by atoms with Crippen molar-refractivity contribution in [3.63, 3.8) is 0 Å². The zero-order chi connectivity index (χ0) is 10.7. The van der Waals surface area contributed by atoms with Crippen LogP contribution in [-0.4, -0.2) is 29.4 Å². The normalized spacial score (nSPS) is 10.0. The van der Waals surface area contributed by atoms with Crippen LogP contribution in [-0.2, 0) is 0 Å². The van der Waals surface area contributed by atoms with Crippen LogP contribution in [0.15, 0.2) is 12.1 Å². The maximum atomic E-state index is 11.7. The lowest BCUT2D eigenvalue weighted by molar-refractivity contribution is 0.0797. The molecule has 0 aliphatic heterocycles. The second kappa shape index (κ2) is 4.62. The van der Waals surface area contributed by atoms with Gasteiger partial charge in [0.15, 0.2) is 0 Å². The number of pyridine rings is 1. The Morgan fingerprint density at radius 1 is 1.50 bits per heavy atom. The molecule has 0 saturated carbocycles. The predicted octanol–water partition coefficient (Wildman–Crippen LogP) is 2.48. The smallest absolute Gasteiger partial charge is 0.273 e. The molecule has 0 saturated heterocycles. The molecule has 0 aliphatic carbocycles. The van der Waals surface area contributed by atoms with E-state index in [4.69, 9.17) is 23.2 Å². The number of rotatable bonds is 2. The van der Waals surface area contributed by atoms with Crippen LogP contribution in [0, 0.1) is 0 Å². The first-order chi connectivity index (χ1) is 6.56. The lowest BCUT2D eigenvalue weighted by Crippen LogP contribution is -2.27. The van der Waals surface area contributed by atoms with E-state index >= 15 is 0 Å². The molecule has 0 atom stereocenters. The summed E-state index contributed by atoms with van der Waals surface area (Å²) in [4.78, 5) is 17.1. The molecule has 3 nitrogen and oxygen atoms in total. The topological polar surface area (TPSA) is 33.2 Å². The minimum absolute atomic E-state index is 0.198. The number of aromatic nitrogens is 1. The van der Waals surface area contributed by atoms with Crippen LogP contribution in [0.4, 0.5) is 0 Å². The van der Waals surface area contributed by atoms with Crippen LogP contribution in [0.5, 0.6) is 0 Å². The van der Waals surface area contributed by atoms with Crippen molar-refractivity contribution in [3.05, 3.63) is 28.0 Å². The summed E-state index contributed by atoms with van der Waals surface area (Å²) in [7, 11) is 1.68. The summed E-state index contributed by atoms with van der Waals surface area (Å²) in [6.07, 6.45) is 0. The standard InChI is InChI=1S/C9H10Cl2N2O/c1-3-13(2)9(14)8-6(10)4-5-7(11)12-8/h4-5H,3H2,1-2H3. The van der Waals surface area contributed by atoms with Crippen LogP contribution < -0.4 is 0 Å². The first-order valence-corrected chi connectivity index (χ1v) is 4.89. The van der Waals surface area contributed by atoms with Crippen LogP contribution in [0.3, 0.4) is 0 Å². The molecule has 76 valence electrons. The highest BCUT2D eigenvalue weighted by Crippen LogP contribution is 2.17. The zero-order valence-corrected chi connectivity index (χ0v) is 9.43. The highest BCUT2D eigenvalue weighted by Gasteiger charge is 2.15. The van der Waals surface area contributed by atoms with Crippen molar-refractivity contribution in [2.24, 2.45) is 0 Å². The van der Waals surface area contributed by atoms with E-state index in [2.05, 4.69) is 4.98 Å². The van der Waals surface area contributed by atoms with Gasteiger partial charge >= 0.3 is 0 Å². The third-order valence-electron chi connectivity index (χ3n) is 1.84. The van der Waals surface area contributed by atoms with E-state index in [1.165, 1.54) is 4.90 Å². The third-order valence-corrected chi connectivity index (χ3v) is 2.35. The highest BCUT2D eigenvalue weighted by molar-refractivity contribution is 6.34. The predicted molar refractivity (Wildman–Crippen MR) is 56.9 cm³/mol. The molecule has 0 fully saturated rings. The van der Waals surface area contributed by atoms with Gasteiger partial charge in [-0.2, -0.15) is 0 Å². The maximum Gasteiger partial charge on any atom is 0.273 e. The van der Waals surface area contributed by atoms with E-state index in [9.17, 15) is 4.79 Å². The summed E-state index contributed by atoms with van der Waals surface area (Å²) < 4.78 is 0. The Bertz CT molecular complexity index is 355. The number of amides is 1. The molecule has 0 bridgehead atoms. The Morgan fingerprint density at radius 2 is 2.14 bits per heavy atom. The van der Waals surface area contributed by atoms with E-state index in [-0.39, 0.29) is 16.8 Å². The second-order valence-electron chi connectivity index (χ2n) is 2.78. The average molecular weight is 233 g/mol. The van der Waals surface area contributed by atoms with E-state index in [0.717, 1.165) is 0 Å². The van der Waals surface area contributed by atoms with Crippen molar-refractivity contribution in [1.82, 2.24) is 9.88 Å². The summed E-state index contributed by atoms with van der Waals surface area (Å²) in [5.41, 5.74) is 0.198. The van der Waals surface area contributed by atoms with E-state index in [1.54, 1.807) is 19.2 Å². The maximum absolute atomic E-state index is 11.7. The lowest BCUT2D eigenvalue weighted by Gasteiger charge is -2.14. The molecule has 14 heavy (non-hydrogen) atoms. The van der Waals surface area contributed by atoms with Gasteiger partial charge in [-0.25, -0.2) is 4.98 Å². The molecular formula is C9H10Cl2N2O. The van der Waals surface area contributed by atoms with Gasteiger partial charge in [0.25, 0.3) is 5.91 Å². The fourth-order valence-corrected chi connectivity index (χ4v) is 1.23. The van der Waals surface area contributed by atoms with Gasteiger partial charge in [-0.1, -0.05) is 23.2 Å². The van der Waals surface area contributed by atoms with Gasteiger partial charge in [-0.15, -0.1) is 0 Å². The first-order valence-electron chi connectivity index (χ1n) is 4.13. The molecule has 1 heterocycles. The van der Waals surface area contributed by atoms with Gasteiger partial charge in [0.1, 0.15) is 10.8 Å². The van der Waals surface area contributed by atoms with Gasteiger partial charge < -0.3 is 4.90 Å². The molecular weight excluding hydrogens is 223 g/mol. The summed E-state index contributed by atoms with van der Waals surface area (Å²) in [6.45, 7) is 2.47. The minimum Gasteiger partial charge on any atom is -0.341 e. The van der Waals surface area contributed by atoms with Gasteiger partial charge in [0.2, 0.25) is 0 Å². The molecule has 0 aliphatic rings. The summed E-state index contributed by atoms with van der Waals surface area (Å²) in [6, 6.07) is 3.11. The minimum atomic E-state index is -0.222. The quantitative estimate of drug-likeness (QED) is 0.735. The Labute approximate surface area is 92.6 Å². The summed E-state index contributed by atoms with van der Waals surface area (Å²) in [5, 5.41) is 0.585. The Morgan fingerprint density at radius 3 is 2.71 bits per heavy atom. The number of nitrogens with zero attached hydrogens (tertiary/aromatic N) is 2. The van der Waals surface area contributed by atoms with E-state index < -0.39 is 0 Å². The summed E-state index contributed by atoms with van der Waals surface area (Å²) in [5.74, 6) is -0.222. The van der Waals surface area contributed by atoms with Crippen LogP contribution >= 0.6 is 23.2 Å². The fourth-order valence-electron chi connectivity index (χ4n) is 0.893. The van der Waals surface area contributed by atoms with Crippen LogP contribution in [0.2, 0.25) is 10.2 Å². The van der Waals surface area contributed by atoms with Crippen molar-refractivity contribution in [1.29, 1.82) is 0 Å². The monoisotopic (exact) mass is 232 g/mol. The Kier molecular flexibility index (Phi) is 3.72. The molecule has 1 amide bonds. The van der Waals surface area contributed by atoms with Crippen molar-refractivity contribution >= 4 is 29.1 Å². The SMILES string of the molecule is CCN(C)C(=O)c1nc(Cl)ccc1Cl. The first kappa shape index (κ1) is 11.3. The number of hydrogen-bond donors (Lipinski definition) is 0. The molecule has 0 radical (unpaired) electrons. The molecule has 0 N–H and O–H groups in total. The van der Waals surface area contributed by atoms with Crippen molar-refractivity contribution < 1.29 is 4.79 Å². The van der Waals surface area contributed by atoms with Gasteiger partial charge in [0.05, 0.1) is 5.02 Å². The second-order valence-corrected chi connectivity index (χ2v) is 3.58. The van der Waals surface area contributed by atoms with Gasteiger partial charge in [0, 0.05) is 13.6 Å². The third kappa shape index (κ3) is 2.36. The molecule has 1 rings (SSSR count). The van der Waals surface area contributed by atoms with Crippen molar-refractivity contribution in [3.8, 4) is 0 Å². The van der Waals surface area contributed by atoms with Crippen molar-refractivity contribution in [2.75, 3.05) is 13.6 Å². The number of carbonyl (C=O) groups excluding carboxylic acids is 1. The van der Waals surface area contributed by atoms with Crippen molar-refractivity contribution in [2.45, 2.75) is 6.92 Å². The van der Waals surface area contributed by atoms with Gasteiger partial charge in [-0.05, 0) is 19.1 Å². The van der Waals surface area contributed by atoms with E-state index in [1.807, 2.05) is 6.92 Å². The van der Waals surface area contributed by atoms with E-state index in [0.29, 0.717) is 11.6 Å². The number of hydrogen-bond acceptors (Lipinski definition) is 2. The largest absolute Gasteiger partial charge is 0.341 e. The van der Waals surface area contributed by atoms with Gasteiger partial charge in [-0.3, -0.25) is 4.79 Å². The lowest BCUT2D eigenvalue weighted by atomic mass is 10.3. The number of halogens is 2. The zero-order valence-electron chi connectivity index (χ0n) is 7.92. The molecule has 0 aromatic carbocycles. The molecule has 5 heteroatoms. The molecule has 1 aromatic rings. The highest BCUT2D eigenvalue weighted by atomic mass is 35.5. The molecule has 1 aromatic heterocycles. The Hall–Kier alpha value is -0.800.